The number of carbonyl (C=O) groups excluding carboxylic acids is 1. The van der Waals surface area contributed by atoms with E-state index in [-0.39, 0.29) is 5.91 Å². The van der Waals surface area contributed by atoms with E-state index < -0.39 is 0 Å². The number of hydrogen-bond acceptors (Lipinski definition) is 4. The monoisotopic (exact) mass is 330 g/mol. The SMILES string of the molecule is O=C(CCc1ccsc1)Nc1ccc(CN2CCOCC2)cc1. The highest BCUT2D eigenvalue weighted by Gasteiger charge is 2.10. The predicted octanol–water partition coefficient (Wildman–Crippen LogP) is 3.15. The Hall–Kier alpha value is -1.69. The van der Waals surface area contributed by atoms with E-state index in [1.807, 2.05) is 17.5 Å². The standard InChI is InChI=1S/C18H22N2O2S/c21-18(6-3-16-7-12-23-14-16)19-17-4-1-15(2-5-17)13-20-8-10-22-11-9-20/h1-2,4-5,7,12,14H,3,6,8-11,13H2,(H,19,21). The molecule has 3 rings (SSSR count). The van der Waals surface area contributed by atoms with Crippen molar-refractivity contribution in [1.29, 1.82) is 0 Å². The zero-order valence-corrected chi connectivity index (χ0v) is 14.0. The maximum absolute atomic E-state index is 12.0. The molecule has 122 valence electrons. The minimum absolute atomic E-state index is 0.0668. The summed E-state index contributed by atoms with van der Waals surface area (Å²) in [6.07, 6.45) is 1.32. The van der Waals surface area contributed by atoms with Gasteiger partial charge in [-0.15, -0.1) is 0 Å². The third kappa shape index (κ3) is 5.16. The van der Waals surface area contributed by atoms with Crippen molar-refractivity contribution in [3.8, 4) is 0 Å². The minimum Gasteiger partial charge on any atom is -0.379 e. The van der Waals surface area contributed by atoms with Crippen molar-refractivity contribution in [2.24, 2.45) is 0 Å². The number of nitrogens with one attached hydrogen (secondary N) is 1. The fourth-order valence-electron chi connectivity index (χ4n) is 2.63. The molecule has 0 bridgehead atoms. The number of carbonyl (C=O) groups is 1. The van der Waals surface area contributed by atoms with Crippen LogP contribution < -0.4 is 5.32 Å². The van der Waals surface area contributed by atoms with E-state index in [2.05, 4.69) is 33.8 Å². The van der Waals surface area contributed by atoms with Gasteiger partial charge in [0.25, 0.3) is 0 Å². The van der Waals surface area contributed by atoms with Gasteiger partial charge in [-0.25, -0.2) is 0 Å². The predicted molar refractivity (Wildman–Crippen MR) is 93.8 cm³/mol. The number of rotatable bonds is 6. The normalized spacial score (nSPS) is 15.5. The Morgan fingerprint density at radius 2 is 1.91 bits per heavy atom. The Balaban J connectivity index is 1.45. The highest BCUT2D eigenvalue weighted by molar-refractivity contribution is 7.07. The van der Waals surface area contributed by atoms with Crippen LogP contribution in [0, 0.1) is 0 Å². The molecule has 1 aliphatic rings. The van der Waals surface area contributed by atoms with Crippen molar-refractivity contribution in [1.82, 2.24) is 4.90 Å². The maximum Gasteiger partial charge on any atom is 0.224 e. The molecule has 1 saturated heterocycles. The average Bonchev–Trinajstić information content (AvgIpc) is 3.09. The number of aryl methyl sites for hydroxylation is 1. The quantitative estimate of drug-likeness (QED) is 0.885. The third-order valence-corrected chi connectivity index (χ3v) is 4.70. The molecule has 1 amide bonds. The largest absolute Gasteiger partial charge is 0.379 e. The number of nitrogens with zero attached hydrogens (tertiary/aromatic N) is 1. The first kappa shape index (κ1) is 16.2. The van der Waals surface area contributed by atoms with Gasteiger partial charge in [0.05, 0.1) is 13.2 Å². The van der Waals surface area contributed by atoms with Gasteiger partial charge in [0, 0.05) is 31.7 Å². The summed E-state index contributed by atoms with van der Waals surface area (Å²) in [5.41, 5.74) is 3.36. The van der Waals surface area contributed by atoms with Gasteiger partial charge in [-0.1, -0.05) is 12.1 Å². The van der Waals surface area contributed by atoms with Crippen LogP contribution in [0.25, 0.3) is 0 Å². The molecule has 1 N–H and O–H groups in total. The number of morpholine rings is 1. The summed E-state index contributed by atoms with van der Waals surface area (Å²) in [4.78, 5) is 14.4. The van der Waals surface area contributed by atoms with Crippen LogP contribution in [0.1, 0.15) is 17.5 Å². The Labute approximate surface area is 141 Å². The summed E-state index contributed by atoms with van der Waals surface area (Å²) in [7, 11) is 0. The van der Waals surface area contributed by atoms with Crippen LogP contribution in [0.2, 0.25) is 0 Å². The van der Waals surface area contributed by atoms with Crippen LogP contribution >= 0.6 is 11.3 Å². The van der Waals surface area contributed by atoms with Crippen LogP contribution in [0.3, 0.4) is 0 Å². The van der Waals surface area contributed by atoms with E-state index in [1.54, 1.807) is 11.3 Å². The molecule has 2 heterocycles. The first-order valence-corrected chi connectivity index (χ1v) is 8.94. The van der Waals surface area contributed by atoms with Gasteiger partial charge < -0.3 is 10.1 Å². The zero-order valence-electron chi connectivity index (χ0n) is 13.2. The molecule has 1 aromatic heterocycles. The van der Waals surface area contributed by atoms with Gasteiger partial charge in [-0.05, 0) is 46.5 Å². The average molecular weight is 330 g/mol. The number of ether oxygens (including phenoxy) is 1. The molecule has 23 heavy (non-hydrogen) atoms. The molecule has 4 nitrogen and oxygen atoms in total. The van der Waals surface area contributed by atoms with Crippen molar-refractivity contribution < 1.29 is 9.53 Å². The summed E-state index contributed by atoms with van der Waals surface area (Å²) in [5.74, 6) is 0.0668. The van der Waals surface area contributed by atoms with E-state index >= 15 is 0 Å². The van der Waals surface area contributed by atoms with Gasteiger partial charge in [0.1, 0.15) is 0 Å². The third-order valence-electron chi connectivity index (χ3n) is 3.97. The summed E-state index contributed by atoms with van der Waals surface area (Å²) < 4.78 is 5.36. The van der Waals surface area contributed by atoms with Crippen molar-refractivity contribution in [2.75, 3.05) is 31.6 Å². The number of amides is 1. The number of hydrogen-bond donors (Lipinski definition) is 1. The van der Waals surface area contributed by atoms with Gasteiger partial charge in [0.2, 0.25) is 5.91 Å². The fourth-order valence-corrected chi connectivity index (χ4v) is 3.33. The molecule has 0 saturated carbocycles. The molecule has 0 atom stereocenters. The molecule has 0 unspecified atom stereocenters. The van der Waals surface area contributed by atoms with Crippen LogP contribution in [0.5, 0.6) is 0 Å². The van der Waals surface area contributed by atoms with Gasteiger partial charge in [-0.2, -0.15) is 11.3 Å². The van der Waals surface area contributed by atoms with Crippen LogP contribution in [0.15, 0.2) is 41.1 Å². The summed E-state index contributed by atoms with van der Waals surface area (Å²) in [6, 6.07) is 10.2. The molecular weight excluding hydrogens is 308 g/mol. The minimum atomic E-state index is 0.0668. The van der Waals surface area contributed by atoms with Crippen LogP contribution in [0.4, 0.5) is 5.69 Å². The van der Waals surface area contributed by atoms with Gasteiger partial charge in [0.15, 0.2) is 0 Å². The highest BCUT2D eigenvalue weighted by Crippen LogP contribution is 2.14. The van der Waals surface area contributed by atoms with E-state index in [4.69, 9.17) is 4.74 Å². The van der Waals surface area contributed by atoms with Crippen LogP contribution in [-0.2, 0) is 22.5 Å². The van der Waals surface area contributed by atoms with Crippen molar-refractivity contribution in [3.05, 3.63) is 52.2 Å². The second-order valence-corrected chi connectivity index (χ2v) is 6.55. The molecule has 1 aromatic carbocycles. The number of thiophene rings is 1. The zero-order chi connectivity index (χ0) is 15.9. The molecule has 2 aromatic rings. The van der Waals surface area contributed by atoms with Crippen molar-refractivity contribution in [2.45, 2.75) is 19.4 Å². The molecule has 0 aliphatic carbocycles. The van der Waals surface area contributed by atoms with E-state index in [0.717, 1.165) is 45.0 Å². The number of anilines is 1. The molecule has 5 heteroatoms. The summed E-state index contributed by atoms with van der Waals surface area (Å²) in [6.45, 7) is 4.55. The Morgan fingerprint density at radius 3 is 2.61 bits per heavy atom. The van der Waals surface area contributed by atoms with Crippen molar-refractivity contribution >= 4 is 22.9 Å². The Bertz CT molecular complexity index is 604. The maximum atomic E-state index is 12.0. The summed E-state index contributed by atoms with van der Waals surface area (Å²) in [5, 5.41) is 7.10. The van der Waals surface area contributed by atoms with Gasteiger partial charge in [-0.3, -0.25) is 9.69 Å². The second-order valence-electron chi connectivity index (χ2n) is 5.77. The van der Waals surface area contributed by atoms with Crippen LogP contribution in [-0.4, -0.2) is 37.1 Å². The lowest BCUT2D eigenvalue weighted by Crippen LogP contribution is -2.35. The number of benzene rings is 1. The topological polar surface area (TPSA) is 41.6 Å². The first-order valence-electron chi connectivity index (χ1n) is 7.99. The lowest BCUT2D eigenvalue weighted by Gasteiger charge is -2.26. The molecule has 0 radical (unpaired) electrons. The second kappa shape index (κ2) is 8.24. The van der Waals surface area contributed by atoms with E-state index in [9.17, 15) is 4.79 Å². The smallest absolute Gasteiger partial charge is 0.224 e. The Morgan fingerprint density at radius 1 is 1.13 bits per heavy atom. The lowest BCUT2D eigenvalue weighted by atomic mass is 10.1. The van der Waals surface area contributed by atoms with Crippen molar-refractivity contribution in [3.63, 3.8) is 0 Å². The first-order chi connectivity index (χ1) is 11.3. The molecular formula is C18H22N2O2S. The lowest BCUT2D eigenvalue weighted by molar-refractivity contribution is -0.116. The van der Waals surface area contributed by atoms with E-state index in [1.165, 1.54) is 11.1 Å². The Kier molecular flexibility index (Phi) is 5.80. The fraction of sp³-hybridized carbons (Fsp3) is 0.389. The summed E-state index contributed by atoms with van der Waals surface area (Å²) >= 11 is 1.67. The molecule has 0 spiro atoms. The highest BCUT2D eigenvalue weighted by atomic mass is 32.1. The molecule has 1 aliphatic heterocycles. The van der Waals surface area contributed by atoms with Gasteiger partial charge >= 0.3 is 0 Å². The van der Waals surface area contributed by atoms with E-state index in [0.29, 0.717) is 6.42 Å². The molecule has 1 fully saturated rings.